The van der Waals surface area contributed by atoms with Gasteiger partial charge in [0.1, 0.15) is 5.56 Å². The zero-order chi connectivity index (χ0) is 15.6. The van der Waals surface area contributed by atoms with Gasteiger partial charge in [0.2, 0.25) is 5.43 Å². The van der Waals surface area contributed by atoms with Crippen molar-refractivity contribution in [2.75, 3.05) is 6.61 Å². The number of hydrogen-bond donors (Lipinski definition) is 0. The lowest BCUT2D eigenvalue weighted by atomic mass is 10.0. The van der Waals surface area contributed by atoms with Crippen molar-refractivity contribution in [2.24, 2.45) is 7.05 Å². The molecule has 2 aromatic rings. The number of benzene rings is 1. The molecule has 21 heavy (non-hydrogen) atoms. The Morgan fingerprint density at radius 1 is 1.29 bits per heavy atom. The molecule has 1 heterocycles. The summed E-state index contributed by atoms with van der Waals surface area (Å²) in [6.45, 7) is 3.69. The van der Waals surface area contributed by atoms with Gasteiger partial charge in [-0.05, 0) is 31.5 Å². The number of rotatable bonds is 3. The van der Waals surface area contributed by atoms with Gasteiger partial charge in [0.25, 0.3) is 0 Å². The van der Waals surface area contributed by atoms with E-state index in [1.807, 2.05) is 24.3 Å². The summed E-state index contributed by atoms with van der Waals surface area (Å²) in [4.78, 5) is 24.7. The predicted octanol–water partition coefficient (Wildman–Crippen LogP) is 3.30. The van der Waals surface area contributed by atoms with Gasteiger partial charge in [-0.2, -0.15) is 0 Å². The highest BCUT2D eigenvalue weighted by Gasteiger charge is 2.20. The molecule has 0 saturated carbocycles. The van der Waals surface area contributed by atoms with Gasteiger partial charge in [-0.25, -0.2) is 4.79 Å². The van der Waals surface area contributed by atoms with Gasteiger partial charge >= 0.3 is 5.97 Å². The summed E-state index contributed by atoms with van der Waals surface area (Å²) in [5.41, 5.74) is 1.65. The van der Waals surface area contributed by atoms with Crippen molar-refractivity contribution in [1.82, 2.24) is 4.57 Å². The molecule has 0 aliphatic heterocycles. The SMILES string of the molecule is CCOC(=O)c1c(C)n(C)cc(-c2ccc(Br)cc2)c1=O. The zero-order valence-electron chi connectivity index (χ0n) is 12.1. The minimum Gasteiger partial charge on any atom is -0.462 e. The molecule has 0 aliphatic rings. The lowest BCUT2D eigenvalue weighted by molar-refractivity contribution is 0.0523. The number of carbonyl (C=O) groups is 1. The smallest absolute Gasteiger partial charge is 0.343 e. The molecular weight excluding hydrogens is 334 g/mol. The Bertz CT molecular complexity index is 732. The number of pyridine rings is 1. The molecule has 0 saturated heterocycles. The molecule has 1 aromatic heterocycles. The first-order valence-electron chi connectivity index (χ1n) is 6.59. The molecule has 0 spiro atoms. The Morgan fingerprint density at radius 3 is 2.48 bits per heavy atom. The molecule has 5 heteroatoms. The van der Waals surface area contributed by atoms with Crippen LogP contribution in [0.4, 0.5) is 0 Å². The number of aryl methyl sites for hydroxylation is 1. The summed E-state index contributed by atoms with van der Waals surface area (Å²) in [5, 5.41) is 0. The second kappa shape index (κ2) is 6.26. The van der Waals surface area contributed by atoms with Gasteiger partial charge in [-0.3, -0.25) is 4.79 Å². The molecule has 0 amide bonds. The Kier molecular flexibility index (Phi) is 4.63. The van der Waals surface area contributed by atoms with Gasteiger partial charge in [0.05, 0.1) is 6.61 Å². The Morgan fingerprint density at radius 2 is 1.90 bits per heavy atom. The molecule has 0 aliphatic carbocycles. The quantitative estimate of drug-likeness (QED) is 0.798. The molecule has 0 unspecified atom stereocenters. The van der Waals surface area contributed by atoms with Crippen molar-refractivity contribution < 1.29 is 9.53 Å². The van der Waals surface area contributed by atoms with Crippen molar-refractivity contribution in [3.8, 4) is 11.1 Å². The Balaban J connectivity index is 2.66. The molecule has 110 valence electrons. The van der Waals surface area contributed by atoms with E-state index in [0.717, 1.165) is 10.0 Å². The summed E-state index contributed by atoms with van der Waals surface area (Å²) < 4.78 is 7.69. The van der Waals surface area contributed by atoms with Crippen molar-refractivity contribution in [1.29, 1.82) is 0 Å². The number of nitrogens with zero attached hydrogens (tertiary/aromatic N) is 1. The van der Waals surface area contributed by atoms with Gasteiger partial charge in [-0.1, -0.05) is 28.1 Å². The molecule has 2 rings (SSSR count). The molecule has 1 aromatic carbocycles. The van der Waals surface area contributed by atoms with Crippen LogP contribution in [0.15, 0.2) is 39.7 Å². The average molecular weight is 350 g/mol. The minimum atomic E-state index is -0.574. The molecule has 0 radical (unpaired) electrons. The normalized spacial score (nSPS) is 10.5. The topological polar surface area (TPSA) is 48.3 Å². The minimum absolute atomic E-state index is 0.0970. The third kappa shape index (κ3) is 3.08. The fourth-order valence-electron chi connectivity index (χ4n) is 2.10. The molecule has 0 N–H and O–H groups in total. The van der Waals surface area contributed by atoms with Gasteiger partial charge < -0.3 is 9.30 Å². The van der Waals surface area contributed by atoms with Crippen molar-refractivity contribution in [2.45, 2.75) is 13.8 Å². The van der Waals surface area contributed by atoms with E-state index >= 15 is 0 Å². The predicted molar refractivity (Wildman–Crippen MR) is 85.5 cm³/mol. The number of carbonyl (C=O) groups excluding carboxylic acids is 1. The molecular formula is C16H16BrNO3. The van der Waals surface area contributed by atoms with Crippen LogP contribution in [0.2, 0.25) is 0 Å². The first-order valence-corrected chi connectivity index (χ1v) is 7.38. The summed E-state index contributed by atoms with van der Waals surface area (Å²) in [7, 11) is 1.81. The van der Waals surface area contributed by atoms with E-state index in [1.165, 1.54) is 0 Å². The summed E-state index contributed by atoms with van der Waals surface area (Å²) in [5.74, 6) is -0.574. The van der Waals surface area contributed by atoms with Crippen LogP contribution < -0.4 is 5.43 Å². The Hall–Kier alpha value is -1.88. The van der Waals surface area contributed by atoms with Crippen LogP contribution in [-0.4, -0.2) is 17.1 Å². The van der Waals surface area contributed by atoms with Crippen LogP contribution in [0.25, 0.3) is 11.1 Å². The van der Waals surface area contributed by atoms with E-state index in [0.29, 0.717) is 11.3 Å². The number of aromatic nitrogens is 1. The summed E-state index contributed by atoms with van der Waals surface area (Å²) >= 11 is 3.36. The first kappa shape index (κ1) is 15.5. The van der Waals surface area contributed by atoms with Crippen molar-refractivity contribution in [3.63, 3.8) is 0 Å². The standard InChI is InChI=1S/C16H16BrNO3/c1-4-21-16(20)14-10(2)18(3)9-13(15(14)19)11-5-7-12(17)8-6-11/h5-9H,4H2,1-3H3. The number of halogens is 1. The molecule has 0 fully saturated rings. The molecule has 0 atom stereocenters. The third-order valence-electron chi connectivity index (χ3n) is 3.32. The monoisotopic (exact) mass is 349 g/mol. The fourth-order valence-corrected chi connectivity index (χ4v) is 2.37. The molecule has 4 nitrogen and oxygen atoms in total. The maximum Gasteiger partial charge on any atom is 0.343 e. The third-order valence-corrected chi connectivity index (χ3v) is 3.85. The highest BCUT2D eigenvalue weighted by molar-refractivity contribution is 9.10. The second-order valence-corrected chi connectivity index (χ2v) is 5.59. The van der Waals surface area contributed by atoms with E-state index < -0.39 is 5.97 Å². The number of ether oxygens (including phenoxy) is 1. The fraction of sp³-hybridized carbons (Fsp3) is 0.250. The van der Waals surface area contributed by atoms with Crippen LogP contribution in [-0.2, 0) is 11.8 Å². The van der Waals surface area contributed by atoms with Crippen LogP contribution >= 0.6 is 15.9 Å². The van der Waals surface area contributed by atoms with Gasteiger partial charge in [0, 0.05) is 29.0 Å². The summed E-state index contributed by atoms with van der Waals surface area (Å²) in [6, 6.07) is 7.40. The Labute approximate surface area is 131 Å². The number of hydrogen-bond acceptors (Lipinski definition) is 3. The average Bonchev–Trinajstić information content (AvgIpc) is 2.44. The van der Waals surface area contributed by atoms with Gasteiger partial charge in [0.15, 0.2) is 0 Å². The lowest BCUT2D eigenvalue weighted by Crippen LogP contribution is -2.24. The lowest BCUT2D eigenvalue weighted by Gasteiger charge is -2.12. The van der Waals surface area contributed by atoms with Gasteiger partial charge in [-0.15, -0.1) is 0 Å². The second-order valence-electron chi connectivity index (χ2n) is 4.67. The van der Waals surface area contributed by atoms with Crippen molar-refractivity contribution >= 4 is 21.9 Å². The van der Waals surface area contributed by atoms with E-state index in [2.05, 4.69) is 15.9 Å². The van der Waals surface area contributed by atoms with Crippen molar-refractivity contribution in [3.05, 3.63) is 56.4 Å². The van der Waals surface area contributed by atoms with Crippen LogP contribution in [0, 0.1) is 6.92 Å². The van der Waals surface area contributed by atoms with E-state index in [-0.39, 0.29) is 17.6 Å². The van der Waals surface area contributed by atoms with E-state index in [9.17, 15) is 9.59 Å². The first-order chi connectivity index (χ1) is 9.95. The van der Waals surface area contributed by atoms with Crippen LogP contribution in [0.3, 0.4) is 0 Å². The number of esters is 1. The van der Waals surface area contributed by atoms with E-state index in [1.54, 1.807) is 31.7 Å². The van der Waals surface area contributed by atoms with Crippen LogP contribution in [0.5, 0.6) is 0 Å². The van der Waals surface area contributed by atoms with Crippen LogP contribution in [0.1, 0.15) is 23.0 Å². The summed E-state index contributed by atoms with van der Waals surface area (Å²) in [6.07, 6.45) is 1.74. The van der Waals surface area contributed by atoms with E-state index in [4.69, 9.17) is 4.74 Å². The highest BCUT2D eigenvalue weighted by Crippen LogP contribution is 2.20. The largest absolute Gasteiger partial charge is 0.462 e. The highest BCUT2D eigenvalue weighted by atomic mass is 79.9. The zero-order valence-corrected chi connectivity index (χ0v) is 13.7. The maximum atomic E-state index is 12.6. The molecule has 0 bridgehead atoms. The maximum absolute atomic E-state index is 12.6.